The normalized spacial score (nSPS) is 13.0. The van der Waals surface area contributed by atoms with E-state index in [2.05, 4.69) is 59.2 Å². The fraction of sp³-hybridized carbons (Fsp3) is 0.333. The van der Waals surface area contributed by atoms with Gasteiger partial charge in [0.2, 0.25) is 0 Å². The van der Waals surface area contributed by atoms with E-state index >= 15 is 0 Å². The quantitative estimate of drug-likeness (QED) is 0.785. The Kier molecular flexibility index (Phi) is 4.34. The first kappa shape index (κ1) is 13.2. The van der Waals surface area contributed by atoms with Gasteiger partial charge in [-0.25, -0.2) is 0 Å². The van der Waals surface area contributed by atoms with Crippen molar-refractivity contribution in [3.8, 4) is 0 Å². The zero-order valence-electron chi connectivity index (χ0n) is 11.9. The van der Waals surface area contributed by atoms with Gasteiger partial charge in [0.15, 0.2) is 0 Å². The summed E-state index contributed by atoms with van der Waals surface area (Å²) in [7, 11) is 0. The monoisotopic (exact) mass is 266 g/mol. The predicted octanol–water partition coefficient (Wildman–Crippen LogP) is 3.03. The summed E-state index contributed by atoms with van der Waals surface area (Å²) in [5.41, 5.74) is 5.65. The van der Waals surface area contributed by atoms with Crippen LogP contribution in [0, 0.1) is 0 Å². The van der Waals surface area contributed by atoms with Crippen molar-refractivity contribution in [2.75, 3.05) is 25.0 Å². The highest BCUT2D eigenvalue weighted by Crippen LogP contribution is 2.22. The van der Waals surface area contributed by atoms with Crippen LogP contribution < -0.4 is 10.6 Å². The van der Waals surface area contributed by atoms with Gasteiger partial charge in [0.1, 0.15) is 0 Å². The third kappa shape index (κ3) is 3.40. The fourth-order valence-electron chi connectivity index (χ4n) is 2.75. The zero-order chi connectivity index (χ0) is 13.6. The molecule has 0 atom stereocenters. The van der Waals surface area contributed by atoms with Crippen LogP contribution in [0.25, 0.3) is 0 Å². The molecule has 2 aromatic carbocycles. The molecule has 3 rings (SSSR count). The number of hydrogen-bond acceptors (Lipinski definition) is 2. The van der Waals surface area contributed by atoms with E-state index in [-0.39, 0.29) is 0 Å². The molecule has 2 nitrogen and oxygen atoms in total. The molecule has 0 aliphatic carbocycles. The molecule has 0 amide bonds. The van der Waals surface area contributed by atoms with Gasteiger partial charge < -0.3 is 10.6 Å². The summed E-state index contributed by atoms with van der Waals surface area (Å²) >= 11 is 0. The minimum atomic E-state index is 1.05. The molecule has 0 saturated carbocycles. The van der Waals surface area contributed by atoms with Crippen molar-refractivity contribution in [3.05, 3.63) is 65.2 Å². The van der Waals surface area contributed by atoms with E-state index < -0.39 is 0 Å². The predicted molar refractivity (Wildman–Crippen MR) is 85.4 cm³/mol. The summed E-state index contributed by atoms with van der Waals surface area (Å²) < 4.78 is 0. The van der Waals surface area contributed by atoms with Crippen molar-refractivity contribution in [1.29, 1.82) is 0 Å². The molecule has 104 valence electrons. The van der Waals surface area contributed by atoms with Crippen LogP contribution in [0.4, 0.5) is 5.69 Å². The fourth-order valence-corrected chi connectivity index (χ4v) is 2.75. The molecule has 0 spiro atoms. The lowest BCUT2D eigenvalue weighted by Gasteiger charge is -2.07. The van der Waals surface area contributed by atoms with Gasteiger partial charge in [-0.1, -0.05) is 42.5 Å². The molecular weight excluding hydrogens is 244 g/mol. The highest BCUT2D eigenvalue weighted by Gasteiger charge is 2.09. The van der Waals surface area contributed by atoms with E-state index in [1.165, 1.54) is 28.8 Å². The van der Waals surface area contributed by atoms with Crippen LogP contribution in [-0.2, 0) is 19.3 Å². The van der Waals surface area contributed by atoms with E-state index in [1.807, 2.05) is 0 Å². The topological polar surface area (TPSA) is 24.1 Å². The van der Waals surface area contributed by atoms with E-state index in [0.717, 1.165) is 32.5 Å². The van der Waals surface area contributed by atoms with Crippen LogP contribution in [-0.4, -0.2) is 19.6 Å². The smallest absolute Gasteiger partial charge is 0.0373 e. The second-order valence-corrected chi connectivity index (χ2v) is 5.40. The molecule has 1 heterocycles. The maximum absolute atomic E-state index is 3.53. The minimum Gasteiger partial charge on any atom is -0.384 e. The largest absolute Gasteiger partial charge is 0.384 e. The molecule has 20 heavy (non-hydrogen) atoms. The first-order valence-corrected chi connectivity index (χ1v) is 7.52. The molecule has 0 saturated heterocycles. The molecule has 0 unspecified atom stereocenters. The van der Waals surface area contributed by atoms with Crippen LogP contribution >= 0.6 is 0 Å². The maximum Gasteiger partial charge on any atom is 0.0373 e. The highest BCUT2D eigenvalue weighted by molar-refractivity contribution is 5.56. The van der Waals surface area contributed by atoms with Gasteiger partial charge >= 0.3 is 0 Å². The molecule has 2 heteroatoms. The van der Waals surface area contributed by atoms with Crippen LogP contribution in [0.1, 0.15) is 16.7 Å². The van der Waals surface area contributed by atoms with Crippen LogP contribution in [0.15, 0.2) is 48.5 Å². The molecule has 1 aliphatic rings. The molecule has 0 bridgehead atoms. The summed E-state index contributed by atoms with van der Waals surface area (Å²) in [4.78, 5) is 0. The Morgan fingerprint density at radius 3 is 2.55 bits per heavy atom. The van der Waals surface area contributed by atoms with Gasteiger partial charge in [0.05, 0.1) is 0 Å². The number of anilines is 1. The number of hydrogen-bond donors (Lipinski definition) is 2. The van der Waals surface area contributed by atoms with Gasteiger partial charge in [-0.3, -0.25) is 0 Å². The van der Waals surface area contributed by atoms with E-state index in [0.29, 0.717) is 0 Å². The number of rotatable bonds is 6. The van der Waals surface area contributed by atoms with Crippen molar-refractivity contribution in [1.82, 2.24) is 5.32 Å². The molecule has 2 aromatic rings. The average Bonchev–Trinajstić information content (AvgIpc) is 2.95. The second-order valence-electron chi connectivity index (χ2n) is 5.40. The summed E-state index contributed by atoms with van der Waals surface area (Å²) in [6.07, 6.45) is 3.39. The maximum atomic E-state index is 3.53. The highest BCUT2D eigenvalue weighted by atomic mass is 14.9. The summed E-state index contributed by atoms with van der Waals surface area (Å²) in [5, 5.41) is 6.94. The third-order valence-corrected chi connectivity index (χ3v) is 3.90. The van der Waals surface area contributed by atoms with Crippen molar-refractivity contribution in [2.45, 2.75) is 19.3 Å². The Morgan fingerprint density at radius 2 is 1.70 bits per heavy atom. The lowest BCUT2D eigenvalue weighted by Crippen LogP contribution is -2.20. The molecule has 1 aliphatic heterocycles. The van der Waals surface area contributed by atoms with E-state index in [4.69, 9.17) is 0 Å². The van der Waals surface area contributed by atoms with Gasteiger partial charge in [0, 0.05) is 12.2 Å². The SMILES string of the molecule is c1ccc(CCNCCc2ccc3c(c2)CCN3)cc1. The summed E-state index contributed by atoms with van der Waals surface area (Å²) in [5.74, 6) is 0. The Labute approximate surface area is 121 Å². The Morgan fingerprint density at radius 1 is 0.900 bits per heavy atom. The zero-order valence-corrected chi connectivity index (χ0v) is 11.9. The van der Waals surface area contributed by atoms with Gasteiger partial charge in [-0.15, -0.1) is 0 Å². The Balaban J connectivity index is 1.40. The number of fused-ring (bicyclic) bond motifs is 1. The summed E-state index contributed by atoms with van der Waals surface area (Å²) in [6.45, 7) is 3.20. The van der Waals surface area contributed by atoms with Crippen LogP contribution in [0.5, 0.6) is 0 Å². The number of benzene rings is 2. The van der Waals surface area contributed by atoms with Crippen LogP contribution in [0.2, 0.25) is 0 Å². The number of nitrogens with one attached hydrogen (secondary N) is 2. The molecule has 0 aromatic heterocycles. The van der Waals surface area contributed by atoms with Crippen molar-refractivity contribution in [3.63, 3.8) is 0 Å². The average molecular weight is 266 g/mol. The van der Waals surface area contributed by atoms with Gasteiger partial charge in [-0.2, -0.15) is 0 Å². The first-order valence-electron chi connectivity index (χ1n) is 7.52. The van der Waals surface area contributed by atoms with Crippen molar-refractivity contribution >= 4 is 5.69 Å². The van der Waals surface area contributed by atoms with E-state index in [9.17, 15) is 0 Å². The molecule has 2 N–H and O–H groups in total. The molecule has 0 radical (unpaired) electrons. The van der Waals surface area contributed by atoms with Gasteiger partial charge in [0.25, 0.3) is 0 Å². The third-order valence-electron chi connectivity index (χ3n) is 3.90. The van der Waals surface area contributed by atoms with E-state index in [1.54, 1.807) is 0 Å². The lowest BCUT2D eigenvalue weighted by molar-refractivity contribution is 0.681. The first-order chi connectivity index (χ1) is 9.92. The second kappa shape index (κ2) is 6.58. The molecular formula is C18H22N2. The van der Waals surface area contributed by atoms with Gasteiger partial charge in [-0.05, 0) is 55.1 Å². The lowest BCUT2D eigenvalue weighted by atomic mass is 10.1. The summed E-state index contributed by atoms with van der Waals surface area (Å²) in [6, 6.07) is 17.5. The Hall–Kier alpha value is -1.80. The van der Waals surface area contributed by atoms with Crippen molar-refractivity contribution in [2.24, 2.45) is 0 Å². The Bertz CT molecular complexity index is 549. The molecule has 0 fully saturated rings. The minimum absolute atomic E-state index is 1.05. The van der Waals surface area contributed by atoms with Crippen LogP contribution in [0.3, 0.4) is 0 Å². The van der Waals surface area contributed by atoms with Crippen molar-refractivity contribution < 1.29 is 0 Å². The standard InChI is InChI=1S/C18H22N2/c1-2-4-15(5-3-1)8-11-19-12-9-16-6-7-18-17(14-16)10-13-20-18/h1-7,14,19-20H,8-13H2.